The van der Waals surface area contributed by atoms with E-state index >= 15 is 0 Å². The summed E-state index contributed by atoms with van der Waals surface area (Å²) in [5.41, 5.74) is 11.3. The second-order valence-corrected chi connectivity index (χ2v) is 8.22. The first-order valence-electron chi connectivity index (χ1n) is 8.72. The molecule has 2 heterocycles. The Bertz CT molecular complexity index is 945. The third kappa shape index (κ3) is 3.70. The smallest absolute Gasteiger partial charge is 0.246 e. The van der Waals surface area contributed by atoms with E-state index in [4.69, 9.17) is 17.3 Å². The van der Waals surface area contributed by atoms with Crippen LogP contribution in [0, 0.1) is 0 Å². The minimum atomic E-state index is -0.0692. The number of rotatable bonds is 4. The van der Waals surface area contributed by atoms with Crippen molar-refractivity contribution in [2.75, 3.05) is 13.6 Å². The summed E-state index contributed by atoms with van der Waals surface area (Å²) in [5, 5.41) is 0. The van der Waals surface area contributed by atoms with Gasteiger partial charge in [-0.15, -0.1) is 11.3 Å². The zero-order valence-electron chi connectivity index (χ0n) is 15.5. The average Bonchev–Trinajstić information content (AvgIpc) is 3.07. The largest absolute Gasteiger partial charge is 0.404 e. The molecule has 1 amide bonds. The number of allylic oxidation sites excluding steroid dienone is 1. The maximum atomic E-state index is 12.3. The number of nitrogens with two attached hydrogens (primary N) is 1. The lowest BCUT2D eigenvalue weighted by atomic mass is 9.83. The van der Waals surface area contributed by atoms with E-state index in [-0.39, 0.29) is 11.8 Å². The molecule has 140 valence electrons. The van der Waals surface area contributed by atoms with Crippen LogP contribution < -0.4 is 10.7 Å². The molecule has 0 aliphatic carbocycles. The molecule has 27 heavy (non-hydrogen) atoms. The summed E-state index contributed by atoms with van der Waals surface area (Å²) in [7, 11) is 1.88. The van der Waals surface area contributed by atoms with Crippen molar-refractivity contribution in [3.05, 3.63) is 75.1 Å². The van der Waals surface area contributed by atoms with Crippen molar-refractivity contribution in [3.63, 3.8) is 0 Å². The fourth-order valence-electron chi connectivity index (χ4n) is 3.54. The minimum Gasteiger partial charge on any atom is -0.404 e. The molecule has 0 radical (unpaired) electrons. The summed E-state index contributed by atoms with van der Waals surface area (Å²) in [6, 6.07) is 10.2. The third-order valence-electron chi connectivity index (χ3n) is 4.98. The molecule has 4 nitrogen and oxygen atoms in total. The number of halogens is 1. The minimum absolute atomic E-state index is 0.0252. The van der Waals surface area contributed by atoms with E-state index in [0.717, 1.165) is 31.6 Å². The van der Waals surface area contributed by atoms with E-state index in [9.17, 15) is 4.79 Å². The molecule has 3 N–H and O–H groups in total. The zero-order valence-corrected chi connectivity index (χ0v) is 17.0. The lowest BCUT2D eigenvalue weighted by Gasteiger charge is -2.33. The predicted octanol–water partition coefficient (Wildman–Crippen LogP) is 2.53. The molecule has 0 saturated heterocycles. The number of thiophene rings is 1. The molecule has 6 heteroatoms. The topological polar surface area (TPSA) is 60.3 Å². The van der Waals surface area contributed by atoms with Gasteiger partial charge in [0.05, 0.1) is 16.5 Å². The van der Waals surface area contributed by atoms with Crippen LogP contribution in [0.15, 0.2) is 49.2 Å². The Morgan fingerprint density at radius 2 is 2.15 bits per heavy atom. The molecule has 3 rings (SSSR count). The molecule has 0 saturated carbocycles. The Morgan fingerprint density at radius 3 is 2.81 bits per heavy atom. The van der Waals surface area contributed by atoms with Gasteiger partial charge < -0.3 is 10.6 Å². The monoisotopic (exact) mass is 400 g/mol. The van der Waals surface area contributed by atoms with Gasteiger partial charge in [-0.3, -0.25) is 4.79 Å². The van der Waals surface area contributed by atoms with Crippen molar-refractivity contribution in [1.29, 1.82) is 0 Å². The lowest BCUT2D eigenvalue weighted by Crippen LogP contribution is -2.67. The van der Waals surface area contributed by atoms with Crippen LogP contribution in [0.4, 0.5) is 0 Å². The third-order valence-corrected chi connectivity index (χ3v) is 6.25. The van der Waals surface area contributed by atoms with E-state index in [1.54, 1.807) is 6.20 Å². The fraction of sp³-hybridized carbons (Fsp3) is 0.238. The van der Waals surface area contributed by atoms with Crippen LogP contribution in [0.5, 0.6) is 0 Å². The average molecular weight is 401 g/mol. The van der Waals surface area contributed by atoms with Gasteiger partial charge in [0, 0.05) is 30.5 Å². The van der Waals surface area contributed by atoms with Crippen LogP contribution in [-0.4, -0.2) is 30.1 Å². The van der Waals surface area contributed by atoms with Crippen LogP contribution in [0.3, 0.4) is 0 Å². The highest BCUT2D eigenvalue weighted by molar-refractivity contribution is 7.16. The van der Waals surface area contributed by atoms with Gasteiger partial charge in [-0.25, -0.2) is 4.99 Å². The number of hydrogen-bond donors (Lipinski definition) is 2. The molecular formula is C21H23ClN3OS+. The maximum absolute atomic E-state index is 12.3. The van der Waals surface area contributed by atoms with Crippen molar-refractivity contribution >= 4 is 40.1 Å². The highest BCUT2D eigenvalue weighted by Crippen LogP contribution is 2.42. The molecule has 1 aromatic carbocycles. The van der Waals surface area contributed by atoms with Gasteiger partial charge in [-0.1, -0.05) is 42.4 Å². The first-order valence-corrected chi connectivity index (χ1v) is 9.91. The number of hydrogen-bond acceptors (Lipinski definition) is 3. The second kappa shape index (κ2) is 8.11. The molecule has 0 unspecified atom stereocenters. The van der Waals surface area contributed by atoms with Gasteiger partial charge in [-0.2, -0.15) is 0 Å². The number of amides is 1. The Kier molecular flexibility index (Phi) is 5.82. The zero-order chi connectivity index (χ0) is 19.6. The Balaban J connectivity index is 2.15. The van der Waals surface area contributed by atoms with Crippen LogP contribution in [0.2, 0.25) is 4.34 Å². The number of carbonyl (C=O) groups excluding carboxylic acids is 1. The molecule has 1 aliphatic heterocycles. The highest BCUT2D eigenvalue weighted by atomic mass is 35.5. The van der Waals surface area contributed by atoms with E-state index in [1.807, 2.05) is 37.1 Å². The van der Waals surface area contributed by atoms with Gasteiger partial charge in [-0.05, 0) is 28.8 Å². The van der Waals surface area contributed by atoms with Crippen molar-refractivity contribution < 1.29 is 9.79 Å². The molecule has 2 aromatic rings. The van der Waals surface area contributed by atoms with Crippen LogP contribution in [0.25, 0.3) is 5.57 Å². The summed E-state index contributed by atoms with van der Waals surface area (Å²) in [6.07, 6.45) is 3.00. The van der Waals surface area contributed by atoms with E-state index in [2.05, 4.69) is 23.7 Å². The van der Waals surface area contributed by atoms with E-state index in [1.165, 1.54) is 23.0 Å². The fourth-order valence-corrected chi connectivity index (χ4v) is 4.90. The summed E-state index contributed by atoms with van der Waals surface area (Å²) < 4.78 is 0.739. The number of nitrogens with zero attached hydrogens (tertiary/aromatic N) is 1. The number of carbonyl (C=O) groups is 1. The predicted molar refractivity (Wildman–Crippen MR) is 113 cm³/mol. The molecule has 0 bridgehead atoms. The Morgan fingerprint density at radius 1 is 1.41 bits per heavy atom. The lowest BCUT2D eigenvalue weighted by molar-refractivity contribution is -0.418. The van der Waals surface area contributed by atoms with Gasteiger partial charge >= 0.3 is 0 Å². The summed E-state index contributed by atoms with van der Waals surface area (Å²) in [5.74, 6) is -0.0441. The number of fused-ring (bicyclic) bond motifs is 1. The summed E-state index contributed by atoms with van der Waals surface area (Å²) in [6.45, 7) is 6.78. The van der Waals surface area contributed by atoms with Gasteiger partial charge in [0.25, 0.3) is 0 Å². The maximum Gasteiger partial charge on any atom is 0.246 e. The molecule has 1 aromatic heterocycles. The quantitative estimate of drug-likeness (QED) is 0.612. The Labute approximate surface area is 168 Å². The summed E-state index contributed by atoms with van der Waals surface area (Å²) in [4.78, 5) is 18.4. The Hall–Kier alpha value is -2.37. The first kappa shape index (κ1) is 19.4. The van der Waals surface area contributed by atoms with E-state index < -0.39 is 0 Å². The van der Waals surface area contributed by atoms with Crippen molar-refractivity contribution in [1.82, 2.24) is 4.90 Å². The van der Waals surface area contributed by atoms with E-state index in [0.29, 0.717) is 13.1 Å². The van der Waals surface area contributed by atoms with Gasteiger partial charge in [0.1, 0.15) is 7.05 Å². The standard InChI is InChI=1S/C21H22ClN3OS/c1-4-21(26)25-11-18(16-9-20(22)27-19(16)12-25)15-8-6-5-7-14(15)17(10-23)13(2)24-3/h4-10,18H,1,11-12,23H2,2-3H3/p+1/b17-10+,24-13?/t18-/m0/s1. The van der Waals surface area contributed by atoms with Crippen molar-refractivity contribution in [2.45, 2.75) is 19.4 Å². The molecule has 0 fully saturated rings. The van der Waals surface area contributed by atoms with Crippen LogP contribution in [-0.2, 0) is 11.3 Å². The van der Waals surface area contributed by atoms with Crippen molar-refractivity contribution in [2.24, 2.45) is 5.73 Å². The molecule has 1 aliphatic rings. The molecule has 0 spiro atoms. The van der Waals surface area contributed by atoms with Crippen LogP contribution >= 0.6 is 22.9 Å². The van der Waals surface area contributed by atoms with Crippen molar-refractivity contribution in [3.8, 4) is 0 Å². The van der Waals surface area contributed by atoms with Gasteiger partial charge in [0.15, 0.2) is 5.71 Å². The van der Waals surface area contributed by atoms with Gasteiger partial charge in [0.2, 0.25) is 5.91 Å². The SMILES string of the molecule is C=CC(=O)N1Cc2sc(Cl)cc2[C@H](c2ccccc2/C(=C/N)C(C)=[NH+]C)C1. The van der Waals surface area contributed by atoms with Crippen LogP contribution in [0.1, 0.15) is 34.4 Å². The summed E-state index contributed by atoms with van der Waals surface area (Å²) >= 11 is 7.85. The highest BCUT2D eigenvalue weighted by Gasteiger charge is 2.32. The number of benzene rings is 1. The molecular weight excluding hydrogens is 378 g/mol. The first-order chi connectivity index (χ1) is 13.0. The number of nitrogens with one attached hydrogen (secondary N) is 1. The normalized spacial score (nSPS) is 17.6. The molecule has 1 atom stereocenters. The second-order valence-electron chi connectivity index (χ2n) is 6.45.